The number of nitrogens with zero attached hydrogens (tertiary/aromatic N) is 2. The highest BCUT2D eigenvalue weighted by molar-refractivity contribution is 7.89. The van der Waals surface area contributed by atoms with E-state index in [1.54, 1.807) is 25.2 Å². The van der Waals surface area contributed by atoms with Gasteiger partial charge in [-0.05, 0) is 31.0 Å². The molecule has 0 spiro atoms. The predicted molar refractivity (Wildman–Crippen MR) is 89.8 cm³/mol. The first kappa shape index (κ1) is 18.5. The summed E-state index contributed by atoms with van der Waals surface area (Å²) in [7, 11) is -0.243. The van der Waals surface area contributed by atoms with E-state index < -0.39 is 10.0 Å². The van der Waals surface area contributed by atoms with Crippen molar-refractivity contribution in [3.8, 4) is 0 Å². The van der Waals surface area contributed by atoms with Crippen LogP contribution in [0, 0.1) is 5.92 Å². The largest absolute Gasteiger partial charge is 0.289 e. The molecule has 1 aromatic carbocycles. The summed E-state index contributed by atoms with van der Waals surface area (Å²) >= 11 is 11.9. The highest BCUT2D eigenvalue weighted by Gasteiger charge is 2.33. The van der Waals surface area contributed by atoms with Gasteiger partial charge in [-0.1, -0.05) is 23.2 Å². The van der Waals surface area contributed by atoms with Gasteiger partial charge in [0.25, 0.3) is 0 Å². The van der Waals surface area contributed by atoms with Gasteiger partial charge in [0.2, 0.25) is 15.9 Å². The number of carbonyl (C=O) groups excluding carboxylic acids is 1. The van der Waals surface area contributed by atoms with Crippen molar-refractivity contribution in [3.63, 3.8) is 0 Å². The molecular formula is C14H19Cl2N3O3S. The molecule has 1 aliphatic heterocycles. The molecular weight excluding hydrogens is 361 g/mol. The van der Waals surface area contributed by atoms with Crippen LogP contribution in [0.15, 0.2) is 23.1 Å². The Morgan fingerprint density at radius 3 is 2.43 bits per heavy atom. The topological polar surface area (TPSA) is 69.7 Å². The first-order valence-electron chi connectivity index (χ1n) is 7.15. The molecule has 1 aliphatic rings. The molecule has 0 radical (unpaired) electrons. The molecule has 6 nitrogen and oxygen atoms in total. The summed E-state index contributed by atoms with van der Waals surface area (Å²) in [5.41, 5.74) is 2.70. The van der Waals surface area contributed by atoms with E-state index in [0.29, 0.717) is 17.9 Å². The van der Waals surface area contributed by atoms with Gasteiger partial charge in [0, 0.05) is 38.1 Å². The van der Waals surface area contributed by atoms with E-state index in [-0.39, 0.29) is 34.8 Å². The van der Waals surface area contributed by atoms with Crippen LogP contribution >= 0.6 is 23.2 Å². The molecule has 0 aliphatic carbocycles. The lowest BCUT2D eigenvalue weighted by atomic mass is 9.98. The van der Waals surface area contributed by atoms with Crippen molar-refractivity contribution in [3.05, 3.63) is 28.2 Å². The van der Waals surface area contributed by atoms with Crippen LogP contribution in [0.25, 0.3) is 0 Å². The van der Waals surface area contributed by atoms with Crippen molar-refractivity contribution in [1.29, 1.82) is 0 Å². The molecule has 1 fully saturated rings. The fourth-order valence-corrected chi connectivity index (χ4v) is 4.69. The number of nitrogens with one attached hydrogen (secondary N) is 1. The van der Waals surface area contributed by atoms with Crippen LogP contribution in [0.1, 0.15) is 12.8 Å². The van der Waals surface area contributed by atoms with Crippen LogP contribution < -0.4 is 5.43 Å². The van der Waals surface area contributed by atoms with Crippen molar-refractivity contribution < 1.29 is 13.2 Å². The third kappa shape index (κ3) is 4.36. The lowest BCUT2D eigenvalue weighted by Crippen LogP contribution is -2.46. The smallest absolute Gasteiger partial charge is 0.244 e. The Morgan fingerprint density at radius 2 is 1.87 bits per heavy atom. The fraction of sp³-hybridized carbons (Fsp3) is 0.500. The zero-order valence-corrected chi connectivity index (χ0v) is 15.2. The third-order valence-corrected chi connectivity index (χ3v) is 6.28. The molecule has 1 amide bonds. The molecule has 23 heavy (non-hydrogen) atoms. The Morgan fingerprint density at radius 1 is 1.26 bits per heavy atom. The summed E-state index contributed by atoms with van der Waals surface area (Å²) < 4.78 is 26.7. The SMILES string of the molecule is CN(C)NC(=O)C1CCN(S(=O)(=O)c2cc(Cl)ccc2Cl)CC1. The van der Waals surface area contributed by atoms with Gasteiger partial charge in [-0.3, -0.25) is 10.2 Å². The summed E-state index contributed by atoms with van der Waals surface area (Å²) in [6.07, 6.45) is 0.939. The molecule has 1 heterocycles. The first-order chi connectivity index (χ1) is 10.7. The number of hydrogen-bond donors (Lipinski definition) is 1. The fourth-order valence-electron chi connectivity index (χ4n) is 2.48. The zero-order chi connectivity index (χ0) is 17.2. The van der Waals surface area contributed by atoms with Crippen molar-refractivity contribution in [1.82, 2.24) is 14.7 Å². The van der Waals surface area contributed by atoms with Gasteiger partial charge in [0.15, 0.2) is 0 Å². The molecule has 2 rings (SSSR count). The first-order valence-corrected chi connectivity index (χ1v) is 9.34. The molecule has 128 valence electrons. The average molecular weight is 380 g/mol. The number of piperidine rings is 1. The minimum Gasteiger partial charge on any atom is -0.289 e. The lowest BCUT2D eigenvalue weighted by molar-refractivity contribution is -0.130. The van der Waals surface area contributed by atoms with Gasteiger partial charge in [0.05, 0.1) is 5.02 Å². The number of amides is 1. The maximum Gasteiger partial charge on any atom is 0.244 e. The monoisotopic (exact) mass is 379 g/mol. The molecule has 0 bridgehead atoms. The Bertz CT molecular complexity index is 687. The molecule has 0 atom stereocenters. The van der Waals surface area contributed by atoms with E-state index in [1.165, 1.54) is 16.4 Å². The van der Waals surface area contributed by atoms with Gasteiger partial charge in [-0.2, -0.15) is 4.31 Å². The molecule has 9 heteroatoms. The quantitative estimate of drug-likeness (QED) is 0.812. The molecule has 1 saturated heterocycles. The second kappa shape index (κ2) is 7.36. The number of carbonyl (C=O) groups is 1. The minimum atomic E-state index is -3.71. The maximum absolute atomic E-state index is 12.7. The van der Waals surface area contributed by atoms with Crippen LogP contribution in [0.3, 0.4) is 0 Å². The van der Waals surface area contributed by atoms with E-state index in [2.05, 4.69) is 5.43 Å². The summed E-state index contributed by atoms with van der Waals surface area (Å²) in [6.45, 7) is 0.549. The maximum atomic E-state index is 12.7. The summed E-state index contributed by atoms with van der Waals surface area (Å²) in [5.74, 6) is -0.286. The third-order valence-electron chi connectivity index (χ3n) is 3.67. The molecule has 0 saturated carbocycles. The summed E-state index contributed by atoms with van der Waals surface area (Å²) in [4.78, 5) is 12.0. The normalized spacial score (nSPS) is 17.4. The van der Waals surface area contributed by atoms with Crippen LogP contribution in [-0.2, 0) is 14.8 Å². The Kier molecular flexibility index (Phi) is 5.91. The van der Waals surface area contributed by atoms with Gasteiger partial charge < -0.3 is 0 Å². The van der Waals surface area contributed by atoms with Crippen LogP contribution in [0.2, 0.25) is 10.0 Å². The van der Waals surface area contributed by atoms with E-state index in [1.807, 2.05) is 0 Å². The Balaban J connectivity index is 2.10. The molecule has 1 aromatic rings. The van der Waals surface area contributed by atoms with Crippen molar-refractivity contribution in [2.75, 3.05) is 27.2 Å². The standard InChI is InChI=1S/C14H19Cl2N3O3S/c1-18(2)17-14(20)10-5-7-19(8-6-10)23(21,22)13-9-11(15)3-4-12(13)16/h3-4,9-10H,5-8H2,1-2H3,(H,17,20). The zero-order valence-electron chi connectivity index (χ0n) is 12.9. The Labute approximate surface area is 146 Å². The van der Waals surface area contributed by atoms with Crippen LogP contribution in [0.4, 0.5) is 0 Å². The van der Waals surface area contributed by atoms with Gasteiger partial charge >= 0.3 is 0 Å². The second-order valence-corrected chi connectivity index (χ2v) is 8.37. The summed E-state index contributed by atoms with van der Waals surface area (Å²) in [5, 5.41) is 2.03. The van der Waals surface area contributed by atoms with E-state index in [9.17, 15) is 13.2 Å². The van der Waals surface area contributed by atoms with E-state index in [0.717, 1.165) is 0 Å². The van der Waals surface area contributed by atoms with Crippen molar-refractivity contribution in [2.24, 2.45) is 5.92 Å². The number of hydrazine groups is 1. The van der Waals surface area contributed by atoms with E-state index >= 15 is 0 Å². The molecule has 0 aromatic heterocycles. The van der Waals surface area contributed by atoms with Gasteiger partial charge in [-0.15, -0.1) is 0 Å². The number of rotatable bonds is 4. The number of hydrogen-bond acceptors (Lipinski definition) is 4. The molecule has 1 N–H and O–H groups in total. The van der Waals surface area contributed by atoms with Crippen LogP contribution in [-0.4, -0.2) is 50.8 Å². The van der Waals surface area contributed by atoms with Crippen LogP contribution in [0.5, 0.6) is 0 Å². The van der Waals surface area contributed by atoms with Crippen molar-refractivity contribution >= 4 is 39.1 Å². The lowest BCUT2D eigenvalue weighted by Gasteiger charge is -2.31. The summed E-state index contributed by atoms with van der Waals surface area (Å²) in [6, 6.07) is 4.36. The Hall–Kier alpha value is -0.860. The minimum absolute atomic E-state index is 0.00265. The average Bonchev–Trinajstić information content (AvgIpc) is 2.49. The molecule has 0 unspecified atom stereocenters. The highest BCUT2D eigenvalue weighted by atomic mass is 35.5. The van der Waals surface area contributed by atoms with E-state index in [4.69, 9.17) is 23.2 Å². The number of halogens is 2. The number of sulfonamides is 1. The number of benzene rings is 1. The highest BCUT2D eigenvalue weighted by Crippen LogP contribution is 2.30. The van der Waals surface area contributed by atoms with Crippen molar-refractivity contribution in [2.45, 2.75) is 17.7 Å². The van der Waals surface area contributed by atoms with Gasteiger partial charge in [-0.25, -0.2) is 13.4 Å². The van der Waals surface area contributed by atoms with Gasteiger partial charge in [0.1, 0.15) is 4.90 Å². The second-order valence-electron chi connectivity index (χ2n) is 5.62. The predicted octanol–water partition coefficient (Wildman–Crippen LogP) is 1.99.